The molecule has 1 amide bonds. The van der Waals surface area contributed by atoms with Crippen molar-refractivity contribution in [2.24, 2.45) is 11.8 Å². The number of nitrogens with zero attached hydrogens (tertiary/aromatic N) is 1. The lowest BCUT2D eigenvalue weighted by molar-refractivity contribution is -0.146. The molecule has 1 aromatic carbocycles. The lowest BCUT2D eigenvalue weighted by Crippen LogP contribution is -2.39. The van der Waals surface area contributed by atoms with E-state index in [2.05, 4.69) is 13.8 Å². The topological polar surface area (TPSA) is 66.8 Å². The number of hydrogen-bond acceptors (Lipinski definition) is 3. The Morgan fingerprint density at radius 1 is 1.35 bits per heavy atom. The van der Waals surface area contributed by atoms with Gasteiger partial charge in [0.05, 0.1) is 18.6 Å². The molecule has 5 heteroatoms. The SMILES string of the molecule is CC(C)c1ccc(N2CC34C=CC(O3)C(C(=O)O)C4C2=O)cc1. The molecule has 0 aromatic heterocycles. The lowest BCUT2D eigenvalue weighted by Gasteiger charge is -2.21. The maximum absolute atomic E-state index is 12.9. The molecule has 4 unspecified atom stereocenters. The van der Waals surface area contributed by atoms with Crippen molar-refractivity contribution in [3.05, 3.63) is 42.0 Å². The van der Waals surface area contributed by atoms with Gasteiger partial charge >= 0.3 is 5.97 Å². The highest BCUT2D eigenvalue weighted by atomic mass is 16.5. The van der Waals surface area contributed by atoms with Gasteiger partial charge < -0.3 is 14.7 Å². The van der Waals surface area contributed by atoms with E-state index in [1.807, 2.05) is 30.3 Å². The van der Waals surface area contributed by atoms with E-state index >= 15 is 0 Å². The molecule has 1 N–H and O–H groups in total. The van der Waals surface area contributed by atoms with Crippen LogP contribution >= 0.6 is 0 Å². The minimum absolute atomic E-state index is 0.151. The van der Waals surface area contributed by atoms with Gasteiger partial charge in [0.1, 0.15) is 11.5 Å². The summed E-state index contributed by atoms with van der Waals surface area (Å²) < 4.78 is 5.89. The van der Waals surface area contributed by atoms with Crippen LogP contribution < -0.4 is 4.90 Å². The van der Waals surface area contributed by atoms with Crippen LogP contribution in [0.15, 0.2) is 36.4 Å². The molecule has 3 aliphatic rings. The summed E-state index contributed by atoms with van der Waals surface area (Å²) in [7, 11) is 0. The van der Waals surface area contributed by atoms with E-state index in [-0.39, 0.29) is 5.91 Å². The zero-order chi connectivity index (χ0) is 16.4. The van der Waals surface area contributed by atoms with E-state index in [0.717, 1.165) is 5.69 Å². The minimum atomic E-state index is -0.961. The van der Waals surface area contributed by atoms with Gasteiger partial charge in [-0.15, -0.1) is 0 Å². The first kappa shape index (κ1) is 14.5. The van der Waals surface area contributed by atoms with Gasteiger partial charge in [-0.1, -0.05) is 38.1 Å². The molecule has 1 aromatic rings. The molecule has 4 atom stereocenters. The standard InChI is InChI=1S/C18H19NO4/c1-10(2)11-3-5-12(6-4-11)19-9-18-8-7-13(23-18)14(17(21)22)15(18)16(19)20/h3-8,10,13-15H,9H2,1-2H3,(H,21,22). The highest BCUT2D eigenvalue weighted by Crippen LogP contribution is 2.52. The van der Waals surface area contributed by atoms with E-state index in [1.165, 1.54) is 5.56 Å². The van der Waals surface area contributed by atoms with Crippen molar-refractivity contribution in [1.29, 1.82) is 0 Å². The molecule has 3 aliphatic heterocycles. The first-order valence-corrected chi connectivity index (χ1v) is 7.94. The van der Waals surface area contributed by atoms with Crippen LogP contribution in [0.4, 0.5) is 5.69 Å². The van der Waals surface area contributed by atoms with Gasteiger partial charge in [-0.05, 0) is 23.6 Å². The van der Waals surface area contributed by atoms with E-state index in [9.17, 15) is 14.7 Å². The molecule has 2 saturated heterocycles. The Bertz CT molecular complexity index is 708. The first-order chi connectivity index (χ1) is 10.9. The summed E-state index contributed by atoms with van der Waals surface area (Å²) >= 11 is 0. The van der Waals surface area contributed by atoms with Crippen molar-refractivity contribution in [3.8, 4) is 0 Å². The number of benzene rings is 1. The molecule has 1 spiro atoms. The Hall–Kier alpha value is -2.14. The van der Waals surface area contributed by atoms with Crippen LogP contribution in [0.5, 0.6) is 0 Å². The van der Waals surface area contributed by atoms with Gasteiger partial charge in [0.2, 0.25) is 5.91 Å². The average Bonchev–Trinajstić information content (AvgIpc) is 3.15. The third kappa shape index (κ3) is 1.89. The van der Waals surface area contributed by atoms with Crippen LogP contribution in [0.25, 0.3) is 0 Å². The third-order valence-electron chi connectivity index (χ3n) is 5.26. The zero-order valence-electron chi connectivity index (χ0n) is 13.1. The maximum atomic E-state index is 12.9. The third-order valence-corrected chi connectivity index (χ3v) is 5.26. The van der Waals surface area contributed by atoms with Gasteiger partial charge in [-0.2, -0.15) is 0 Å². The quantitative estimate of drug-likeness (QED) is 0.869. The number of carboxylic acids is 1. The highest BCUT2D eigenvalue weighted by Gasteiger charge is 2.67. The van der Waals surface area contributed by atoms with E-state index in [0.29, 0.717) is 12.5 Å². The fourth-order valence-corrected chi connectivity index (χ4v) is 4.04. The van der Waals surface area contributed by atoms with Gasteiger partial charge in [-0.3, -0.25) is 9.59 Å². The maximum Gasteiger partial charge on any atom is 0.310 e. The molecule has 0 radical (unpaired) electrons. The van der Waals surface area contributed by atoms with Gasteiger partial charge in [0, 0.05) is 5.69 Å². The number of amides is 1. The Morgan fingerprint density at radius 3 is 2.65 bits per heavy atom. The number of carbonyl (C=O) groups excluding carboxylic acids is 1. The predicted octanol–water partition coefficient (Wildman–Crippen LogP) is 2.18. The number of ether oxygens (including phenoxy) is 1. The summed E-state index contributed by atoms with van der Waals surface area (Å²) in [6.45, 7) is 4.62. The van der Waals surface area contributed by atoms with Gasteiger partial charge in [0.25, 0.3) is 0 Å². The molecular weight excluding hydrogens is 294 g/mol. The molecule has 2 fully saturated rings. The Labute approximate surface area is 134 Å². The number of hydrogen-bond donors (Lipinski definition) is 1. The fourth-order valence-electron chi connectivity index (χ4n) is 4.04. The van der Waals surface area contributed by atoms with E-state index in [4.69, 9.17) is 4.74 Å². The number of aliphatic carboxylic acids is 1. The minimum Gasteiger partial charge on any atom is -0.481 e. The smallest absolute Gasteiger partial charge is 0.310 e. The van der Waals surface area contributed by atoms with Crippen molar-refractivity contribution in [2.75, 3.05) is 11.4 Å². The normalized spacial score (nSPS) is 34.5. The summed E-state index contributed by atoms with van der Waals surface area (Å²) in [5, 5.41) is 9.47. The van der Waals surface area contributed by atoms with Crippen LogP contribution in [0.3, 0.4) is 0 Å². The molecule has 0 aliphatic carbocycles. The predicted molar refractivity (Wildman–Crippen MR) is 84.2 cm³/mol. The second-order valence-corrected chi connectivity index (χ2v) is 6.91. The molecule has 0 saturated carbocycles. The summed E-state index contributed by atoms with van der Waals surface area (Å²) in [5.41, 5.74) is 1.23. The number of carboxylic acid groups (broad SMARTS) is 1. The second-order valence-electron chi connectivity index (χ2n) is 6.91. The molecule has 120 valence electrons. The Balaban J connectivity index is 1.67. The molecule has 5 nitrogen and oxygen atoms in total. The molecule has 4 rings (SSSR count). The van der Waals surface area contributed by atoms with Crippen LogP contribution in [-0.4, -0.2) is 35.2 Å². The van der Waals surface area contributed by atoms with Crippen molar-refractivity contribution in [3.63, 3.8) is 0 Å². The number of rotatable bonds is 3. The Morgan fingerprint density at radius 2 is 2.04 bits per heavy atom. The van der Waals surface area contributed by atoms with Gasteiger partial charge in [0.15, 0.2) is 0 Å². The summed E-state index contributed by atoms with van der Waals surface area (Å²) in [4.78, 5) is 26.1. The number of anilines is 1. The second kappa shape index (κ2) is 4.68. The van der Waals surface area contributed by atoms with Crippen LogP contribution in [0.2, 0.25) is 0 Å². The first-order valence-electron chi connectivity index (χ1n) is 7.94. The zero-order valence-corrected chi connectivity index (χ0v) is 13.1. The highest BCUT2D eigenvalue weighted by molar-refractivity contribution is 6.02. The summed E-state index contributed by atoms with van der Waals surface area (Å²) in [6, 6.07) is 7.89. The van der Waals surface area contributed by atoms with Crippen molar-refractivity contribution < 1.29 is 19.4 Å². The lowest BCUT2D eigenvalue weighted by atomic mass is 9.77. The molecule has 2 bridgehead atoms. The number of carbonyl (C=O) groups is 2. The molecule has 3 heterocycles. The van der Waals surface area contributed by atoms with Crippen molar-refractivity contribution in [1.82, 2.24) is 0 Å². The monoisotopic (exact) mass is 313 g/mol. The van der Waals surface area contributed by atoms with Crippen LogP contribution in [0, 0.1) is 11.8 Å². The molecule has 23 heavy (non-hydrogen) atoms. The summed E-state index contributed by atoms with van der Waals surface area (Å²) in [6.07, 6.45) is 3.18. The van der Waals surface area contributed by atoms with E-state index < -0.39 is 29.5 Å². The van der Waals surface area contributed by atoms with E-state index in [1.54, 1.807) is 11.0 Å². The van der Waals surface area contributed by atoms with Crippen LogP contribution in [0.1, 0.15) is 25.3 Å². The van der Waals surface area contributed by atoms with Crippen molar-refractivity contribution in [2.45, 2.75) is 31.5 Å². The summed E-state index contributed by atoms with van der Waals surface area (Å²) in [5.74, 6) is -2.10. The molecular formula is C18H19NO4. The largest absolute Gasteiger partial charge is 0.481 e. The van der Waals surface area contributed by atoms with Crippen molar-refractivity contribution >= 4 is 17.6 Å². The van der Waals surface area contributed by atoms with Crippen LogP contribution in [-0.2, 0) is 14.3 Å². The Kier molecular flexibility index (Phi) is 2.94. The number of fused-ring (bicyclic) bond motifs is 1. The fraction of sp³-hybridized carbons (Fsp3) is 0.444. The average molecular weight is 313 g/mol. The van der Waals surface area contributed by atoms with Gasteiger partial charge in [-0.25, -0.2) is 0 Å².